The standard InChI is InChI=1S/C21H21Cl3N2O3S/c1-13(27)18-8-15(22)4-5-20(18)29-12-17-11-26(6-7-28-17)21(30)25-10-14-2-3-16(23)9-19(14)24/h2-5,8-9,17H,6-7,10-12H2,1H3,(H,25,30). The summed E-state index contributed by atoms with van der Waals surface area (Å²) in [4.78, 5) is 13.9. The normalized spacial score (nSPS) is 16.3. The summed E-state index contributed by atoms with van der Waals surface area (Å²) in [6.45, 7) is 4.05. The van der Waals surface area contributed by atoms with E-state index in [1.165, 1.54) is 6.92 Å². The van der Waals surface area contributed by atoms with Crippen molar-refractivity contribution in [2.75, 3.05) is 26.3 Å². The van der Waals surface area contributed by atoms with Crippen LogP contribution in [-0.2, 0) is 11.3 Å². The van der Waals surface area contributed by atoms with Crippen molar-refractivity contribution in [1.29, 1.82) is 0 Å². The summed E-state index contributed by atoms with van der Waals surface area (Å²) in [7, 11) is 0. The number of morpholine rings is 1. The molecule has 2 aromatic rings. The quantitative estimate of drug-likeness (QED) is 0.457. The smallest absolute Gasteiger partial charge is 0.169 e. The van der Waals surface area contributed by atoms with Gasteiger partial charge in [0, 0.05) is 34.7 Å². The molecule has 0 radical (unpaired) electrons. The first kappa shape index (κ1) is 23.1. The fourth-order valence-corrected chi connectivity index (χ4v) is 3.92. The predicted octanol–water partition coefficient (Wildman–Crippen LogP) is 5.00. The SMILES string of the molecule is CC(=O)c1cc(Cl)ccc1OCC1CN(C(=S)NCc2ccc(Cl)cc2Cl)CCO1. The lowest BCUT2D eigenvalue weighted by molar-refractivity contribution is -0.0289. The lowest BCUT2D eigenvalue weighted by Crippen LogP contribution is -2.50. The lowest BCUT2D eigenvalue weighted by Gasteiger charge is -2.34. The third kappa shape index (κ3) is 6.22. The minimum absolute atomic E-state index is 0.107. The molecule has 5 nitrogen and oxygen atoms in total. The Kier molecular flexibility index (Phi) is 8.20. The third-order valence-corrected chi connectivity index (χ3v) is 5.84. The number of carbonyl (C=O) groups excluding carboxylic acids is 1. The first-order valence-electron chi connectivity index (χ1n) is 9.35. The van der Waals surface area contributed by atoms with Crippen molar-refractivity contribution in [3.05, 3.63) is 62.6 Å². The zero-order valence-electron chi connectivity index (χ0n) is 16.3. The molecule has 1 unspecified atom stereocenters. The van der Waals surface area contributed by atoms with Crippen LogP contribution in [0.3, 0.4) is 0 Å². The van der Waals surface area contributed by atoms with E-state index in [-0.39, 0.29) is 11.9 Å². The van der Waals surface area contributed by atoms with Crippen LogP contribution in [0, 0.1) is 0 Å². The number of nitrogens with zero attached hydrogens (tertiary/aromatic N) is 1. The summed E-state index contributed by atoms with van der Waals surface area (Å²) < 4.78 is 11.7. The topological polar surface area (TPSA) is 50.8 Å². The van der Waals surface area contributed by atoms with Crippen LogP contribution < -0.4 is 10.1 Å². The number of hydrogen-bond donors (Lipinski definition) is 1. The van der Waals surface area contributed by atoms with E-state index in [9.17, 15) is 4.79 Å². The number of carbonyl (C=O) groups is 1. The molecule has 30 heavy (non-hydrogen) atoms. The Hall–Kier alpha value is -1.57. The van der Waals surface area contributed by atoms with Gasteiger partial charge in [-0.25, -0.2) is 0 Å². The molecule has 9 heteroatoms. The number of ether oxygens (including phenoxy) is 2. The van der Waals surface area contributed by atoms with Gasteiger partial charge in [0.1, 0.15) is 18.5 Å². The van der Waals surface area contributed by atoms with E-state index >= 15 is 0 Å². The summed E-state index contributed by atoms with van der Waals surface area (Å²) in [5.74, 6) is 0.385. The summed E-state index contributed by atoms with van der Waals surface area (Å²) in [5, 5.41) is 5.52. The highest BCUT2D eigenvalue weighted by Crippen LogP contribution is 2.24. The van der Waals surface area contributed by atoms with Crippen LogP contribution in [0.2, 0.25) is 15.1 Å². The van der Waals surface area contributed by atoms with Crippen LogP contribution in [0.25, 0.3) is 0 Å². The Morgan fingerprint density at radius 2 is 1.97 bits per heavy atom. The molecule has 1 aliphatic rings. The molecule has 0 spiro atoms. The fraction of sp³-hybridized carbons (Fsp3) is 0.333. The van der Waals surface area contributed by atoms with Crippen LogP contribution in [0.4, 0.5) is 0 Å². The monoisotopic (exact) mass is 486 g/mol. The highest BCUT2D eigenvalue weighted by atomic mass is 35.5. The number of Topliss-reactive ketones (excluding diaryl/α,β-unsaturated/α-hetero) is 1. The van der Waals surface area contributed by atoms with E-state index in [4.69, 9.17) is 56.5 Å². The van der Waals surface area contributed by atoms with E-state index in [0.717, 1.165) is 5.56 Å². The minimum atomic E-state index is -0.187. The average molecular weight is 488 g/mol. The highest BCUT2D eigenvalue weighted by molar-refractivity contribution is 7.80. The maximum absolute atomic E-state index is 11.8. The Morgan fingerprint density at radius 3 is 2.70 bits per heavy atom. The van der Waals surface area contributed by atoms with Gasteiger partial charge in [0.2, 0.25) is 0 Å². The van der Waals surface area contributed by atoms with Gasteiger partial charge in [-0.3, -0.25) is 4.79 Å². The zero-order valence-corrected chi connectivity index (χ0v) is 19.4. The molecular weight excluding hydrogens is 467 g/mol. The van der Waals surface area contributed by atoms with Crippen LogP contribution in [0.1, 0.15) is 22.8 Å². The molecule has 1 heterocycles. The molecule has 2 aromatic carbocycles. The number of rotatable bonds is 6. The number of halogens is 3. The molecule has 0 aliphatic carbocycles. The van der Waals surface area contributed by atoms with Gasteiger partial charge in [0.05, 0.1) is 12.2 Å². The second-order valence-electron chi connectivity index (χ2n) is 6.84. The van der Waals surface area contributed by atoms with E-state index in [1.54, 1.807) is 30.3 Å². The van der Waals surface area contributed by atoms with Gasteiger partial charge in [0.15, 0.2) is 10.9 Å². The Bertz CT molecular complexity index is 942. The number of thiocarbonyl (C=S) groups is 1. The first-order chi connectivity index (χ1) is 14.3. The van der Waals surface area contributed by atoms with Gasteiger partial charge in [0.25, 0.3) is 0 Å². The second kappa shape index (κ2) is 10.6. The molecule has 0 amide bonds. The predicted molar refractivity (Wildman–Crippen MR) is 124 cm³/mol. The molecule has 0 aromatic heterocycles. The average Bonchev–Trinajstić information content (AvgIpc) is 2.72. The van der Waals surface area contributed by atoms with Crippen LogP contribution in [0.15, 0.2) is 36.4 Å². The fourth-order valence-electron chi connectivity index (χ4n) is 3.04. The van der Waals surface area contributed by atoms with Gasteiger partial charge in [-0.15, -0.1) is 0 Å². The number of benzene rings is 2. The molecule has 1 saturated heterocycles. The number of ketones is 1. The van der Waals surface area contributed by atoms with Crippen molar-refractivity contribution in [3.63, 3.8) is 0 Å². The van der Waals surface area contributed by atoms with Crippen LogP contribution >= 0.6 is 47.0 Å². The molecular formula is C21H21Cl3N2O3S. The zero-order chi connectivity index (χ0) is 21.7. The summed E-state index contributed by atoms with van der Waals surface area (Å²) in [5.41, 5.74) is 1.36. The van der Waals surface area contributed by atoms with Crippen molar-refractivity contribution in [2.45, 2.75) is 19.6 Å². The van der Waals surface area contributed by atoms with Crippen molar-refractivity contribution < 1.29 is 14.3 Å². The van der Waals surface area contributed by atoms with E-state index in [1.807, 2.05) is 11.0 Å². The summed E-state index contributed by atoms with van der Waals surface area (Å²) in [6, 6.07) is 10.4. The molecule has 1 fully saturated rings. The number of nitrogens with one attached hydrogen (secondary N) is 1. The highest BCUT2D eigenvalue weighted by Gasteiger charge is 2.23. The Morgan fingerprint density at radius 1 is 1.23 bits per heavy atom. The van der Waals surface area contributed by atoms with Crippen LogP contribution in [-0.4, -0.2) is 48.2 Å². The van der Waals surface area contributed by atoms with E-state index in [0.29, 0.717) is 64.3 Å². The minimum Gasteiger partial charge on any atom is -0.490 e. The van der Waals surface area contributed by atoms with Gasteiger partial charge in [-0.2, -0.15) is 0 Å². The Labute approximate surface area is 196 Å². The maximum Gasteiger partial charge on any atom is 0.169 e. The van der Waals surface area contributed by atoms with E-state index < -0.39 is 0 Å². The number of hydrogen-bond acceptors (Lipinski definition) is 4. The Balaban J connectivity index is 1.54. The van der Waals surface area contributed by atoms with Gasteiger partial charge in [-0.05, 0) is 55.0 Å². The van der Waals surface area contributed by atoms with Gasteiger partial charge < -0.3 is 19.7 Å². The van der Waals surface area contributed by atoms with Gasteiger partial charge >= 0.3 is 0 Å². The van der Waals surface area contributed by atoms with Crippen molar-refractivity contribution in [1.82, 2.24) is 10.2 Å². The first-order valence-corrected chi connectivity index (χ1v) is 10.9. The molecule has 1 atom stereocenters. The van der Waals surface area contributed by atoms with Crippen molar-refractivity contribution in [3.8, 4) is 5.75 Å². The molecule has 3 rings (SSSR count). The maximum atomic E-state index is 11.8. The van der Waals surface area contributed by atoms with Gasteiger partial charge in [-0.1, -0.05) is 40.9 Å². The van der Waals surface area contributed by atoms with Crippen LogP contribution in [0.5, 0.6) is 5.75 Å². The molecule has 0 saturated carbocycles. The summed E-state index contributed by atoms with van der Waals surface area (Å²) >= 11 is 23.7. The largest absolute Gasteiger partial charge is 0.490 e. The molecule has 1 aliphatic heterocycles. The summed E-state index contributed by atoms with van der Waals surface area (Å²) in [6.07, 6.45) is -0.187. The van der Waals surface area contributed by atoms with E-state index in [2.05, 4.69) is 5.32 Å². The lowest BCUT2D eigenvalue weighted by atomic mass is 10.1. The van der Waals surface area contributed by atoms with Crippen molar-refractivity contribution in [2.24, 2.45) is 0 Å². The molecule has 160 valence electrons. The van der Waals surface area contributed by atoms with Crippen molar-refractivity contribution >= 4 is 57.9 Å². The molecule has 0 bridgehead atoms. The third-order valence-electron chi connectivity index (χ3n) is 4.62. The molecule has 1 N–H and O–H groups in total. The second-order valence-corrected chi connectivity index (χ2v) is 8.51.